The van der Waals surface area contributed by atoms with Crippen molar-refractivity contribution in [3.05, 3.63) is 48.3 Å². The van der Waals surface area contributed by atoms with Gasteiger partial charge in [0, 0.05) is 37.9 Å². The molecule has 4 heteroatoms. The normalized spacial score (nSPS) is 22.8. The molecule has 0 spiro atoms. The number of para-hydroxylation sites is 1. The standard InChI is InChI=1S/C17H22N4/c1-2-4-17(5-3-1)21-11-9-14(19-21)12-18-15-8-10-20(13-15)16-6-7-16/h1-5,9,11,15-16,18H,6-8,10,12-13H2. The maximum atomic E-state index is 4.65. The number of hydrogen-bond acceptors (Lipinski definition) is 3. The lowest BCUT2D eigenvalue weighted by Gasteiger charge is -2.15. The van der Waals surface area contributed by atoms with Crippen LogP contribution in [-0.4, -0.2) is 39.9 Å². The fourth-order valence-corrected chi connectivity index (χ4v) is 3.15. The molecule has 0 amide bonds. The molecule has 1 aromatic heterocycles. The van der Waals surface area contributed by atoms with Gasteiger partial charge in [0.1, 0.15) is 0 Å². The molecule has 21 heavy (non-hydrogen) atoms. The Labute approximate surface area is 125 Å². The van der Waals surface area contributed by atoms with E-state index in [4.69, 9.17) is 0 Å². The lowest BCUT2D eigenvalue weighted by molar-refractivity contribution is 0.317. The number of nitrogens with one attached hydrogen (secondary N) is 1. The molecule has 1 aliphatic carbocycles. The third kappa shape index (κ3) is 3.01. The molecule has 1 saturated heterocycles. The van der Waals surface area contributed by atoms with Crippen molar-refractivity contribution in [1.29, 1.82) is 0 Å². The van der Waals surface area contributed by atoms with Crippen molar-refractivity contribution in [3.8, 4) is 5.69 Å². The van der Waals surface area contributed by atoms with Crippen LogP contribution in [-0.2, 0) is 6.54 Å². The van der Waals surface area contributed by atoms with Crippen molar-refractivity contribution < 1.29 is 0 Å². The van der Waals surface area contributed by atoms with Crippen LogP contribution in [0.2, 0.25) is 0 Å². The Hall–Kier alpha value is -1.65. The van der Waals surface area contributed by atoms with E-state index in [9.17, 15) is 0 Å². The molecule has 4 rings (SSSR count). The van der Waals surface area contributed by atoms with E-state index in [1.54, 1.807) is 0 Å². The summed E-state index contributed by atoms with van der Waals surface area (Å²) in [4.78, 5) is 2.64. The Morgan fingerprint density at radius 2 is 1.95 bits per heavy atom. The second-order valence-electron chi connectivity index (χ2n) is 6.18. The highest BCUT2D eigenvalue weighted by molar-refractivity contribution is 5.30. The first kappa shape index (κ1) is 13.0. The lowest BCUT2D eigenvalue weighted by atomic mass is 10.2. The van der Waals surface area contributed by atoms with Crippen LogP contribution in [0.5, 0.6) is 0 Å². The van der Waals surface area contributed by atoms with Gasteiger partial charge in [0.2, 0.25) is 0 Å². The summed E-state index contributed by atoms with van der Waals surface area (Å²) in [6, 6.07) is 13.9. The minimum atomic E-state index is 0.632. The molecule has 1 atom stereocenters. The van der Waals surface area contributed by atoms with E-state index in [0.717, 1.165) is 24.0 Å². The van der Waals surface area contributed by atoms with E-state index in [2.05, 4.69) is 33.5 Å². The maximum Gasteiger partial charge on any atom is 0.0766 e. The van der Waals surface area contributed by atoms with Gasteiger partial charge in [-0.3, -0.25) is 4.90 Å². The van der Waals surface area contributed by atoms with Crippen LogP contribution >= 0.6 is 0 Å². The van der Waals surface area contributed by atoms with Gasteiger partial charge in [-0.25, -0.2) is 4.68 Å². The van der Waals surface area contributed by atoms with Gasteiger partial charge in [0.15, 0.2) is 0 Å². The fourth-order valence-electron chi connectivity index (χ4n) is 3.15. The highest BCUT2D eigenvalue weighted by atomic mass is 15.3. The fraction of sp³-hybridized carbons (Fsp3) is 0.471. The van der Waals surface area contributed by atoms with Crippen molar-refractivity contribution in [3.63, 3.8) is 0 Å². The minimum Gasteiger partial charge on any atom is -0.307 e. The molecule has 110 valence electrons. The Kier molecular flexibility index (Phi) is 3.49. The molecule has 1 aliphatic heterocycles. The number of rotatable bonds is 5. The number of benzene rings is 1. The highest BCUT2D eigenvalue weighted by Gasteiger charge is 2.34. The first-order chi connectivity index (χ1) is 10.4. The summed E-state index contributed by atoms with van der Waals surface area (Å²) in [5.74, 6) is 0. The SMILES string of the molecule is c1ccc(-n2ccc(CNC3CCN(C4CC4)C3)n2)cc1. The molecular weight excluding hydrogens is 260 g/mol. The van der Waals surface area contributed by atoms with Crippen molar-refractivity contribution in [1.82, 2.24) is 20.0 Å². The van der Waals surface area contributed by atoms with Crippen molar-refractivity contribution >= 4 is 0 Å². The van der Waals surface area contributed by atoms with Crippen LogP contribution in [0.25, 0.3) is 5.69 Å². The minimum absolute atomic E-state index is 0.632. The van der Waals surface area contributed by atoms with Gasteiger partial charge in [-0.15, -0.1) is 0 Å². The lowest BCUT2D eigenvalue weighted by Crippen LogP contribution is -2.33. The average molecular weight is 282 g/mol. The maximum absolute atomic E-state index is 4.65. The molecular formula is C17H22N4. The number of aromatic nitrogens is 2. The zero-order valence-corrected chi connectivity index (χ0v) is 12.3. The molecule has 4 nitrogen and oxygen atoms in total. The van der Waals surface area contributed by atoms with E-state index < -0.39 is 0 Å². The molecule has 2 aromatic rings. The molecule has 0 bridgehead atoms. The van der Waals surface area contributed by atoms with Crippen LogP contribution in [0, 0.1) is 0 Å². The molecule has 1 aromatic carbocycles. The van der Waals surface area contributed by atoms with Crippen LogP contribution in [0.15, 0.2) is 42.6 Å². The second kappa shape index (κ2) is 5.62. The number of hydrogen-bond donors (Lipinski definition) is 1. The van der Waals surface area contributed by atoms with Crippen LogP contribution in [0.3, 0.4) is 0 Å². The van der Waals surface area contributed by atoms with Crippen molar-refractivity contribution in [2.24, 2.45) is 0 Å². The highest BCUT2D eigenvalue weighted by Crippen LogP contribution is 2.29. The van der Waals surface area contributed by atoms with E-state index in [0.29, 0.717) is 6.04 Å². The Morgan fingerprint density at radius 1 is 1.10 bits per heavy atom. The van der Waals surface area contributed by atoms with Gasteiger partial charge in [-0.05, 0) is 37.5 Å². The third-order valence-electron chi connectivity index (χ3n) is 4.52. The monoisotopic (exact) mass is 282 g/mol. The predicted octanol–water partition coefficient (Wildman–Crippen LogP) is 2.20. The zero-order chi connectivity index (χ0) is 14.1. The molecule has 1 N–H and O–H groups in total. The zero-order valence-electron chi connectivity index (χ0n) is 12.3. The topological polar surface area (TPSA) is 33.1 Å². The first-order valence-corrected chi connectivity index (χ1v) is 7.96. The van der Waals surface area contributed by atoms with E-state index in [-0.39, 0.29) is 0 Å². The quantitative estimate of drug-likeness (QED) is 0.912. The molecule has 1 saturated carbocycles. The van der Waals surface area contributed by atoms with E-state index in [1.807, 2.05) is 29.1 Å². The molecule has 0 radical (unpaired) electrons. The number of likely N-dealkylation sites (tertiary alicyclic amines) is 1. The summed E-state index contributed by atoms with van der Waals surface area (Å²) >= 11 is 0. The Morgan fingerprint density at radius 3 is 2.76 bits per heavy atom. The third-order valence-corrected chi connectivity index (χ3v) is 4.52. The van der Waals surface area contributed by atoms with E-state index in [1.165, 1.54) is 32.4 Å². The Balaban J connectivity index is 1.32. The van der Waals surface area contributed by atoms with Gasteiger partial charge in [0.25, 0.3) is 0 Å². The summed E-state index contributed by atoms with van der Waals surface area (Å²) in [7, 11) is 0. The molecule has 2 aliphatic rings. The van der Waals surface area contributed by atoms with Gasteiger partial charge in [-0.1, -0.05) is 18.2 Å². The molecule has 2 fully saturated rings. The second-order valence-corrected chi connectivity index (χ2v) is 6.18. The van der Waals surface area contributed by atoms with Gasteiger partial charge in [0.05, 0.1) is 11.4 Å². The van der Waals surface area contributed by atoms with Gasteiger partial charge < -0.3 is 5.32 Å². The average Bonchev–Trinajstić information content (AvgIpc) is 3.09. The van der Waals surface area contributed by atoms with Crippen molar-refractivity contribution in [2.75, 3.05) is 13.1 Å². The van der Waals surface area contributed by atoms with E-state index >= 15 is 0 Å². The smallest absolute Gasteiger partial charge is 0.0766 e. The summed E-state index contributed by atoms with van der Waals surface area (Å²) in [5, 5.41) is 8.31. The Bertz CT molecular complexity index is 588. The molecule has 1 unspecified atom stereocenters. The first-order valence-electron chi connectivity index (χ1n) is 7.96. The summed E-state index contributed by atoms with van der Waals surface area (Å²) in [6.45, 7) is 3.34. The van der Waals surface area contributed by atoms with Crippen molar-refractivity contribution in [2.45, 2.75) is 37.9 Å². The summed E-state index contributed by atoms with van der Waals surface area (Å²) in [6.07, 6.45) is 6.13. The van der Waals surface area contributed by atoms with Gasteiger partial charge >= 0.3 is 0 Å². The van der Waals surface area contributed by atoms with Crippen LogP contribution < -0.4 is 5.32 Å². The summed E-state index contributed by atoms with van der Waals surface area (Å²) in [5.41, 5.74) is 2.23. The number of nitrogens with zero attached hydrogens (tertiary/aromatic N) is 3. The predicted molar refractivity (Wildman–Crippen MR) is 83.4 cm³/mol. The molecule has 2 heterocycles. The summed E-state index contributed by atoms with van der Waals surface area (Å²) < 4.78 is 1.95. The largest absolute Gasteiger partial charge is 0.307 e. The van der Waals surface area contributed by atoms with Gasteiger partial charge in [-0.2, -0.15) is 5.10 Å². The van der Waals surface area contributed by atoms with Crippen LogP contribution in [0.4, 0.5) is 0 Å². The van der Waals surface area contributed by atoms with Crippen LogP contribution in [0.1, 0.15) is 25.0 Å².